The fourth-order valence-corrected chi connectivity index (χ4v) is 4.53. The van der Waals surface area contributed by atoms with Crippen molar-refractivity contribution in [2.75, 3.05) is 6.54 Å². The number of halogens is 1. The molecule has 152 valence electrons. The van der Waals surface area contributed by atoms with Crippen LogP contribution in [0.2, 0.25) is 5.02 Å². The molecule has 3 heterocycles. The Bertz CT molecular complexity index is 977. The molecule has 0 bridgehead atoms. The highest BCUT2D eigenvalue weighted by molar-refractivity contribution is 6.30. The summed E-state index contributed by atoms with van der Waals surface area (Å²) in [5.74, 6) is 0. The third-order valence-electron chi connectivity index (χ3n) is 5.94. The smallest absolute Gasteiger partial charge is 0.0581 e. The van der Waals surface area contributed by atoms with E-state index in [9.17, 15) is 0 Å². The average molecular weight is 409 g/mol. The second-order valence-electron chi connectivity index (χ2n) is 8.04. The van der Waals surface area contributed by atoms with Gasteiger partial charge in [-0.25, -0.2) is 0 Å². The van der Waals surface area contributed by atoms with E-state index in [-0.39, 0.29) is 0 Å². The lowest BCUT2D eigenvalue weighted by Crippen LogP contribution is -2.24. The van der Waals surface area contributed by atoms with Crippen LogP contribution in [-0.2, 0) is 19.5 Å². The summed E-state index contributed by atoms with van der Waals surface area (Å²) in [4.78, 5) is 7.49. The minimum atomic E-state index is 0.378. The van der Waals surface area contributed by atoms with Gasteiger partial charge in [0.05, 0.1) is 17.9 Å². The molecular formula is C24H29ClN4. The zero-order valence-electron chi connectivity index (χ0n) is 17.5. The van der Waals surface area contributed by atoms with Crippen LogP contribution in [0.5, 0.6) is 0 Å². The molecule has 4 nitrogen and oxygen atoms in total. The first-order chi connectivity index (χ1) is 14.0. The zero-order chi connectivity index (χ0) is 20.4. The van der Waals surface area contributed by atoms with Gasteiger partial charge in [0.15, 0.2) is 0 Å². The summed E-state index contributed by atoms with van der Waals surface area (Å²) in [5, 5.41) is 5.30. The van der Waals surface area contributed by atoms with Crippen LogP contribution in [0, 0.1) is 13.8 Å². The number of likely N-dealkylation sites (tertiary alicyclic amines) is 1. The number of rotatable bonds is 6. The molecule has 1 aromatic carbocycles. The minimum absolute atomic E-state index is 0.378. The first-order valence-corrected chi connectivity index (χ1v) is 10.9. The Balaban J connectivity index is 1.55. The fraction of sp³-hybridized carbons (Fsp3) is 0.417. The van der Waals surface area contributed by atoms with Crippen LogP contribution in [0.4, 0.5) is 0 Å². The second kappa shape index (κ2) is 8.68. The van der Waals surface area contributed by atoms with E-state index in [0.29, 0.717) is 6.04 Å². The van der Waals surface area contributed by atoms with Crippen molar-refractivity contribution in [1.82, 2.24) is 19.7 Å². The first kappa shape index (κ1) is 20.1. The van der Waals surface area contributed by atoms with Crippen molar-refractivity contribution in [1.29, 1.82) is 0 Å². The van der Waals surface area contributed by atoms with Gasteiger partial charge in [0.25, 0.3) is 0 Å². The van der Waals surface area contributed by atoms with E-state index in [1.807, 2.05) is 18.3 Å². The van der Waals surface area contributed by atoms with E-state index in [1.165, 1.54) is 34.5 Å². The molecule has 1 atom stereocenters. The van der Waals surface area contributed by atoms with Gasteiger partial charge in [0, 0.05) is 35.1 Å². The predicted molar refractivity (Wildman–Crippen MR) is 118 cm³/mol. The molecular weight excluding hydrogens is 380 g/mol. The molecule has 1 aliphatic heterocycles. The van der Waals surface area contributed by atoms with Crippen molar-refractivity contribution in [3.63, 3.8) is 0 Å². The summed E-state index contributed by atoms with van der Waals surface area (Å²) in [6, 6.07) is 13.0. The molecule has 0 aliphatic carbocycles. The molecule has 0 amide bonds. The van der Waals surface area contributed by atoms with Gasteiger partial charge in [0.2, 0.25) is 0 Å². The summed E-state index contributed by atoms with van der Waals surface area (Å²) in [6.45, 7) is 9.39. The Morgan fingerprint density at radius 1 is 1.10 bits per heavy atom. The van der Waals surface area contributed by atoms with E-state index in [0.717, 1.165) is 43.2 Å². The van der Waals surface area contributed by atoms with Gasteiger partial charge >= 0.3 is 0 Å². The van der Waals surface area contributed by atoms with Crippen LogP contribution in [-0.4, -0.2) is 26.2 Å². The van der Waals surface area contributed by atoms with Gasteiger partial charge in [-0.2, -0.15) is 5.10 Å². The van der Waals surface area contributed by atoms with Gasteiger partial charge in [-0.05, 0) is 82.0 Å². The van der Waals surface area contributed by atoms with E-state index in [1.54, 1.807) is 0 Å². The van der Waals surface area contributed by atoms with Crippen molar-refractivity contribution in [3.05, 3.63) is 81.4 Å². The lowest BCUT2D eigenvalue weighted by atomic mass is 10.0. The van der Waals surface area contributed by atoms with Crippen molar-refractivity contribution in [2.45, 2.75) is 59.2 Å². The molecule has 0 N–H and O–H groups in total. The maximum atomic E-state index is 6.03. The van der Waals surface area contributed by atoms with E-state index in [4.69, 9.17) is 16.6 Å². The van der Waals surface area contributed by atoms with Crippen molar-refractivity contribution < 1.29 is 0 Å². The van der Waals surface area contributed by atoms with Crippen molar-refractivity contribution in [3.8, 4) is 0 Å². The minimum Gasteiger partial charge on any atom is -0.290 e. The Morgan fingerprint density at radius 2 is 1.90 bits per heavy atom. The topological polar surface area (TPSA) is 34.0 Å². The average Bonchev–Trinajstić information content (AvgIpc) is 3.30. The molecule has 0 unspecified atom stereocenters. The molecule has 3 aromatic rings. The Labute approximate surface area is 178 Å². The van der Waals surface area contributed by atoms with Gasteiger partial charge in [-0.3, -0.25) is 14.6 Å². The fourth-order valence-electron chi connectivity index (χ4n) is 4.41. The Morgan fingerprint density at radius 3 is 2.62 bits per heavy atom. The van der Waals surface area contributed by atoms with Crippen molar-refractivity contribution in [2.24, 2.45) is 0 Å². The summed E-state index contributed by atoms with van der Waals surface area (Å²) < 4.78 is 2.08. The van der Waals surface area contributed by atoms with Gasteiger partial charge in [-0.15, -0.1) is 0 Å². The highest BCUT2D eigenvalue weighted by atomic mass is 35.5. The van der Waals surface area contributed by atoms with E-state index >= 15 is 0 Å². The standard InChI is InChI=1S/C24H29ClN4/c1-4-29-18(3)21(15-26-29)16-28-11-5-6-24(28)23-14-20(12-17(2)27-23)13-19-7-9-22(25)10-8-19/h7-10,12,14-15,24H,4-6,11,13,16H2,1-3H3/t24-/m1/s1. The molecule has 4 rings (SSSR count). The maximum Gasteiger partial charge on any atom is 0.0581 e. The van der Waals surface area contributed by atoms with Crippen LogP contribution in [0.1, 0.15) is 59.6 Å². The first-order valence-electron chi connectivity index (χ1n) is 10.5. The summed E-state index contributed by atoms with van der Waals surface area (Å²) >= 11 is 6.03. The maximum absolute atomic E-state index is 6.03. The summed E-state index contributed by atoms with van der Waals surface area (Å²) in [7, 11) is 0. The van der Waals surface area contributed by atoms with Gasteiger partial charge in [0.1, 0.15) is 0 Å². The molecule has 2 aromatic heterocycles. The molecule has 1 fully saturated rings. The highest BCUT2D eigenvalue weighted by Gasteiger charge is 2.28. The van der Waals surface area contributed by atoms with E-state index < -0.39 is 0 Å². The van der Waals surface area contributed by atoms with Gasteiger partial charge in [-0.1, -0.05) is 23.7 Å². The van der Waals surface area contributed by atoms with Crippen LogP contribution in [0.3, 0.4) is 0 Å². The highest BCUT2D eigenvalue weighted by Crippen LogP contribution is 2.33. The quantitative estimate of drug-likeness (QED) is 0.540. The van der Waals surface area contributed by atoms with Crippen LogP contribution < -0.4 is 0 Å². The molecule has 0 radical (unpaired) electrons. The van der Waals surface area contributed by atoms with Crippen LogP contribution in [0.15, 0.2) is 42.6 Å². The number of pyridine rings is 1. The van der Waals surface area contributed by atoms with Crippen LogP contribution in [0.25, 0.3) is 0 Å². The van der Waals surface area contributed by atoms with Crippen LogP contribution >= 0.6 is 11.6 Å². The normalized spacial score (nSPS) is 17.2. The number of hydrogen-bond donors (Lipinski definition) is 0. The summed E-state index contributed by atoms with van der Waals surface area (Å²) in [5.41, 5.74) is 7.49. The van der Waals surface area contributed by atoms with E-state index in [2.05, 4.69) is 59.7 Å². The zero-order valence-corrected chi connectivity index (χ0v) is 18.3. The number of aryl methyl sites for hydroxylation is 2. The third-order valence-corrected chi connectivity index (χ3v) is 6.19. The molecule has 1 aliphatic rings. The number of aromatic nitrogens is 3. The van der Waals surface area contributed by atoms with Gasteiger partial charge < -0.3 is 0 Å². The summed E-state index contributed by atoms with van der Waals surface area (Å²) in [6.07, 6.45) is 5.32. The molecule has 1 saturated heterocycles. The lowest BCUT2D eigenvalue weighted by molar-refractivity contribution is 0.243. The number of nitrogens with zero attached hydrogens (tertiary/aromatic N) is 4. The molecule has 0 spiro atoms. The Kier molecular flexibility index (Phi) is 6.02. The Hall–Kier alpha value is -2.17. The third kappa shape index (κ3) is 4.54. The molecule has 0 saturated carbocycles. The monoisotopic (exact) mass is 408 g/mol. The SMILES string of the molecule is CCn1ncc(CN2CCC[C@@H]2c2cc(Cc3ccc(Cl)cc3)cc(C)n2)c1C. The largest absolute Gasteiger partial charge is 0.290 e. The molecule has 29 heavy (non-hydrogen) atoms. The lowest BCUT2D eigenvalue weighted by Gasteiger charge is -2.24. The van der Waals surface area contributed by atoms with Crippen molar-refractivity contribution >= 4 is 11.6 Å². The number of benzene rings is 1. The second-order valence-corrected chi connectivity index (χ2v) is 8.48. The molecule has 5 heteroatoms. The predicted octanol–water partition coefficient (Wildman–Crippen LogP) is 5.50. The number of hydrogen-bond acceptors (Lipinski definition) is 3.